The number of nitrogens with one attached hydrogen (secondary N) is 2. The first-order valence-corrected chi connectivity index (χ1v) is 5.30. The van der Waals surface area contributed by atoms with Gasteiger partial charge in [-0.3, -0.25) is 0 Å². The highest BCUT2D eigenvalue weighted by Gasteiger charge is 2.12. The minimum Gasteiger partial charge on any atom is -0.478 e. The average Bonchev–Trinajstić information content (AvgIpc) is 2.35. The van der Waals surface area contributed by atoms with Crippen LogP contribution in [0.4, 0.5) is 10.5 Å². The van der Waals surface area contributed by atoms with Crippen molar-refractivity contribution in [2.45, 2.75) is 0 Å². The van der Waals surface area contributed by atoms with Crippen LogP contribution in [0.5, 0.6) is 0 Å². The lowest BCUT2D eigenvalue weighted by atomic mass is 10.1. The fraction of sp³-hybridized carbons (Fsp3) is 0.182. The van der Waals surface area contributed by atoms with E-state index in [0.717, 1.165) is 18.2 Å². The molecular formula is C11H13N3O5. The van der Waals surface area contributed by atoms with Crippen molar-refractivity contribution in [3.05, 3.63) is 29.3 Å². The Morgan fingerprint density at radius 1 is 1.05 bits per heavy atom. The van der Waals surface area contributed by atoms with Crippen LogP contribution in [0.3, 0.4) is 0 Å². The fourth-order valence-corrected chi connectivity index (χ4v) is 1.31. The van der Waals surface area contributed by atoms with E-state index in [1.54, 1.807) is 0 Å². The Morgan fingerprint density at radius 2 is 1.58 bits per heavy atom. The summed E-state index contributed by atoms with van der Waals surface area (Å²) in [7, 11) is 0. The van der Waals surface area contributed by atoms with Crippen molar-refractivity contribution < 1.29 is 24.6 Å². The zero-order valence-corrected chi connectivity index (χ0v) is 9.84. The lowest BCUT2D eigenvalue weighted by Gasteiger charge is -2.08. The summed E-state index contributed by atoms with van der Waals surface area (Å²) in [6, 6.07) is 2.74. The monoisotopic (exact) mass is 267 g/mol. The van der Waals surface area contributed by atoms with Crippen LogP contribution in [-0.4, -0.2) is 41.3 Å². The third kappa shape index (κ3) is 4.28. The summed E-state index contributed by atoms with van der Waals surface area (Å²) in [5, 5.41) is 22.4. The minimum atomic E-state index is -1.28. The first-order valence-electron chi connectivity index (χ1n) is 5.30. The zero-order chi connectivity index (χ0) is 14.4. The Kier molecular flexibility index (Phi) is 4.84. The molecule has 0 aromatic heterocycles. The minimum absolute atomic E-state index is 0.0758. The van der Waals surface area contributed by atoms with Crippen LogP contribution in [0.25, 0.3) is 0 Å². The second-order valence-corrected chi connectivity index (χ2v) is 3.58. The summed E-state index contributed by atoms with van der Waals surface area (Å²) in [5.74, 6) is -2.57. The molecule has 0 aliphatic heterocycles. The molecule has 0 bridgehead atoms. The number of nitrogens with two attached hydrogens (primary N) is 1. The highest BCUT2D eigenvalue weighted by Crippen LogP contribution is 2.15. The Bertz CT molecular complexity index is 483. The van der Waals surface area contributed by atoms with Crippen molar-refractivity contribution >= 4 is 23.7 Å². The van der Waals surface area contributed by atoms with Crippen LogP contribution in [0.15, 0.2) is 18.2 Å². The average molecular weight is 267 g/mol. The van der Waals surface area contributed by atoms with Crippen molar-refractivity contribution in [2.75, 3.05) is 18.4 Å². The number of urea groups is 1. The van der Waals surface area contributed by atoms with Crippen LogP contribution < -0.4 is 16.4 Å². The van der Waals surface area contributed by atoms with Crippen molar-refractivity contribution in [3.8, 4) is 0 Å². The van der Waals surface area contributed by atoms with Gasteiger partial charge in [-0.2, -0.15) is 0 Å². The maximum absolute atomic E-state index is 11.4. The van der Waals surface area contributed by atoms with E-state index in [2.05, 4.69) is 10.6 Å². The molecule has 8 nitrogen and oxygen atoms in total. The number of amides is 2. The molecule has 0 saturated carbocycles. The number of hydrogen-bond donors (Lipinski definition) is 5. The van der Waals surface area contributed by atoms with E-state index in [1.807, 2.05) is 0 Å². The summed E-state index contributed by atoms with van der Waals surface area (Å²) in [6.45, 7) is 0.499. The van der Waals surface area contributed by atoms with Gasteiger partial charge in [-0.15, -0.1) is 0 Å². The number of anilines is 1. The number of carboxylic acids is 2. The van der Waals surface area contributed by atoms with Gasteiger partial charge in [0, 0.05) is 18.8 Å². The molecule has 0 radical (unpaired) electrons. The van der Waals surface area contributed by atoms with E-state index in [9.17, 15) is 14.4 Å². The second-order valence-electron chi connectivity index (χ2n) is 3.58. The van der Waals surface area contributed by atoms with E-state index >= 15 is 0 Å². The number of aromatic carboxylic acids is 2. The van der Waals surface area contributed by atoms with Crippen molar-refractivity contribution in [1.29, 1.82) is 0 Å². The lowest BCUT2D eigenvalue weighted by molar-refractivity contribution is 0.0696. The Balaban J connectivity index is 2.96. The van der Waals surface area contributed by atoms with Gasteiger partial charge in [0.05, 0.1) is 11.1 Å². The van der Waals surface area contributed by atoms with Gasteiger partial charge in [-0.25, -0.2) is 14.4 Å². The summed E-state index contributed by atoms with van der Waals surface area (Å²) in [6.07, 6.45) is 0. The summed E-state index contributed by atoms with van der Waals surface area (Å²) >= 11 is 0. The topological polar surface area (TPSA) is 142 Å². The SMILES string of the molecule is NCCNC(=O)Nc1cc(C(=O)O)cc(C(=O)O)c1. The molecule has 1 aromatic carbocycles. The molecular weight excluding hydrogens is 254 g/mol. The van der Waals surface area contributed by atoms with Crippen molar-refractivity contribution in [1.82, 2.24) is 5.32 Å². The summed E-state index contributed by atoms with van der Waals surface area (Å²) < 4.78 is 0. The first kappa shape index (κ1) is 14.5. The van der Waals surface area contributed by atoms with Crippen molar-refractivity contribution in [3.63, 3.8) is 0 Å². The molecule has 0 unspecified atom stereocenters. The summed E-state index contributed by atoms with van der Waals surface area (Å²) in [4.78, 5) is 33.1. The third-order valence-electron chi connectivity index (χ3n) is 2.11. The van der Waals surface area contributed by atoms with Crippen LogP contribution in [0, 0.1) is 0 Å². The first-order chi connectivity index (χ1) is 8.93. The number of carbonyl (C=O) groups is 3. The molecule has 0 saturated heterocycles. The van der Waals surface area contributed by atoms with Gasteiger partial charge in [-0.1, -0.05) is 0 Å². The van der Waals surface area contributed by atoms with Crippen molar-refractivity contribution in [2.24, 2.45) is 5.73 Å². The van der Waals surface area contributed by atoms with E-state index in [4.69, 9.17) is 15.9 Å². The predicted molar refractivity (Wildman–Crippen MR) is 66.4 cm³/mol. The van der Waals surface area contributed by atoms with Crippen LogP contribution in [0.1, 0.15) is 20.7 Å². The predicted octanol–water partition coefficient (Wildman–Crippen LogP) is 0.163. The molecule has 0 atom stereocenters. The number of hydrogen-bond acceptors (Lipinski definition) is 4. The molecule has 102 valence electrons. The van der Waals surface area contributed by atoms with Gasteiger partial charge in [0.2, 0.25) is 0 Å². The standard InChI is InChI=1S/C11H13N3O5/c12-1-2-13-11(19)14-8-4-6(9(15)16)3-7(5-8)10(17)18/h3-5H,1-2,12H2,(H,15,16)(H,17,18)(H2,13,14,19). The quantitative estimate of drug-likeness (QED) is 0.514. The Morgan fingerprint density at radius 3 is 2.00 bits per heavy atom. The molecule has 1 aromatic rings. The van der Waals surface area contributed by atoms with E-state index in [0.29, 0.717) is 0 Å². The molecule has 2 amide bonds. The molecule has 19 heavy (non-hydrogen) atoms. The normalized spacial score (nSPS) is 9.74. The number of carbonyl (C=O) groups excluding carboxylic acids is 1. The number of carboxylic acid groups (broad SMARTS) is 2. The van der Waals surface area contributed by atoms with E-state index in [1.165, 1.54) is 0 Å². The third-order valence-corrected chi connectivity index (χ3v) is 2.11. The highest BCUT2D eigenvalue weighted by molar-refractivity contribution is 5.98. The van der Waals surface area contributed by atoms with E-state index < -0.39 is 18.0 Å². The highest BCUT2D eigenvalue weighted by atomic mass is 16.4. The fourth-order valence-electron chi connectivity index (χ4n) is 1.31. The van der Waals surface area contributed by atoms with Gasteiger partial charge in [0.1, 0.15) is 0 Å². The lowest BCUT2D eigenvalue weighted by Crippen LogP contribution is -2.33. The summed E-state index contributed by atoms with van der Waals surface area (Å²) in [5.41, 5.74) is 4.82. The maximum Gasteiger partial charge on any atom is 0.335 e. The molecule has 6 N–H and O–H groups in total. The molecule has 0 fully saturated rings. The van der Waals surface area contributed by atoms with Gasteiger partial charge in [0.15, 0.2) is 0 Å². The van der Waals surface area contributed by atoms with Crippen LogP contribution in [-0.2, 0) is 0 Å². The van der Waals surface area contributed by atoms with Gasteiger partial charge in [0.25, 0.3) is 0 Å². The Hall–Kier alpha value is -2.61. The molecule has 1 rings (SSSR count). The van der Waals surface area contributed by atoms with Crippen LogP contribution >= 0.6 is 0 Å². The number of benzene rings is 1. The maximum atomic E-state index is 11.4. The van der Waals surface area contributed by atoms with Gasteiger partial charge < -0.3 is 26.6 Å². The Labute approximate surface area is 108 Å². The number of rotatable bonds is 5. The zero-order valence-electron chi connectivity index (χ0n) is 9.84. The molecule has 8 heteroatoms. The molecule has 0 heterocycles. The molecule has 0 aliphatic rings. The molecule has 0 spiro atoms. The van der Waals surface area contributed by atoms with Gasteiger partial charge >= 0.3 is 18.0 Å². The largest absolute Gasteiger partial charge is 0.478 e. The second kappa shape index (κ2) is 6.36. The van der Waals surface area contributed by atoms with Crippen LogP contribution in [0.2, 0.25) is 0 Å². The van der Waals surface area contributed by atoms with E-state index in [-0.39, 0.29) is 29.9 Å². The van der Waals surface area contributed by atoms with Gasteiger partial charge in [-0.05, 0) is 18.2 Å². The smallest absolute Gasteiger partial charge is 0.335 e. The molecule has 0 aliphatic carbocycles.